The lowest BCUT2D eigenvalue weighted by Crippen LogP contribution is -2.08. The molecule has 9 heteroatoms. The normalized spacial score (nSPS) is 15.0. The first-order valence-corrected chi connectivity index (χ1v) is 11.5. The van der Waals surface area contributed by atoms with Crippen molar-refractivity contribution >= 4 is 17.0 Å². The molecule has 0 spiro atoms. The van der Waals surface area contributed by atoms with Crippen LogP contribution in [0.25, 0.3) is 34.1 Å². The third-order valence-electron chi connectivity index (χ3n) is 6.58. The third-order valence-corrected chi connectivity index (χ3v) is 6.58. The average molecular weight is 460 g/mol. The number of nitrogens with zero attached hydrogens (tertiary/aromatic N) is 8. The van der Waals surface area contributed by atoms with E-state index in [1.807, 2.05) is 59.7 Å². The maximum Gasteiger partial charge on any atom is 0.167 e. The molecule has 5 heterocycles. The summed E-state index contributed by atoms with van der Waals surface area (Å²) in [6, 6.07) is 18.4. The summed E-state index contributed by atoms with van der Waals surface area (Å²) < 4.78 is 5.85. The lowest BCUT2D eigenvalue weighted by molar-refractivity contribution is 0.520. The van der Waals surface area contributed by atoms with Crippen LogP contribution in [0.1, 0.15) is 23.6 Å². The zero-order valence-electron chi connectivity index (χ0n) is 18.7. The van der Waals surface area contributed by atoms with Gasteiger partial charge in [-0.25, -0.2) is 19.6 Å². The largest absolute Gasteiger partial charge is 0.383 e. The van der Waals surface area contributed by atoms with Crippen molar-refractivity contribution in [1.82, 2.24) is 39.1 Å². The second-order valence-corrected chi connectivity index (χ2v) is 8.59. The summed E-state index contributed by atoms with van der Waals surface area (Å²) in [6.45, 7) is 0. The number of aromatic nitrogens is 8. The highest BCUT2D eigenvalue weighted by molar-refractivity contribution is 5.83. The van der Waals surface area contributed by atoms with E-state index in [0.29, 0.717) is 17.5 Å². The number of fused-ring (bicyclic) bond motifs is 2. The first-order chi connectivity index (χ1) is 17.3. The first kappa shape index (κ1) is 19.7. The van der Waals surface area contributed by atoms with Gasteiger partial charge in [-0.05, 0) is 72.5 Å². The van der Waals surface area contributed by atoms with Gasteiger partial charge in [0.25, 0.3) is 0 Å². The van der Waals surface area contributed by atoms with E-state index in [0.717, 1.165) is 35.3 Å². The van der Waals surface area contributed by atoms with Crippen LogP contribution in [0.3, 0.4) is 0 Å². The molecule has 9 nitrogen and oxygen atoms in total. The highest BCUT2D eigenvalue weighted by Crippen LogP contribution is 2.37. The van der Waals surface area contributed by atoms with Gasteiger partial charge in [-0.1, -0.05) is 6.07 Å². The second-order valence-electron chi connectivity index (χ2n) is 8.59. The highest BCUT2D eigenvalue weighted by Gasteiger charge is 2.26. The van der Waals surface area contributed by atoms with Crippen molar-refractivity contribution in [3.05, 3.63) is 96.7 Å². The summed E-state index contributed by atoms with van der Waals surface area (Å²) in [5.41, 5.74) is 12.1. The van der Waals surface area contributed by atoms with Crippen molar-refractivity contribution in [3.63, 3.8) is 0 Å². The fourth-order valence-corrected chi connectivity index (χ4v) is 4.97. The van der Waals surface area contributed by atoms with Gasteiger partial charge in [0.15, 0.2) is 17.3 Å². The monoisotopic (exact) mass is 459 g/mol. The van der Waals surface area contributed by atoms with Gasteiger partial charge >= 0.3 is 0 Å². The number of anilines is 1. The van der Waals surface area contributed by atoms with Crippen LogP contribution in [0.15, 0.2) is 85.6 Å². The SMILES string of the molecule is Nc1ncccc1-c1nc2ccc(-n3cccn3)nc2n1-c1ccc2c(c1)CCC2n1cccn1. The molecule has 0 saturated heterocycles. The van der Waals surface area contributed by atoms with Crippen LogP contribution in [0.4, 0.5) is 5.82 Å². The minimum absolute atomic E-state index is 0.256. The molecule has 1 unspecified atom stereocenters. The van der Waals surface area contributed by atoms with E-state index >= 15 is 0 Å². The molecule has 0 aliphatic heterocycles. The summed E-state index contributed by atoms with van der Waals surface area (Å²) in [4.78, 5) is 14.2. The Hall–Kier alpha value is -4.79. The highest BCUT2D eigenvalue weighted by atomic mass is 15.3. The van der Waals surface area contributed by atoms with E-state index in [1.54, 1.807) is 17.1 Å². The fourth-order valence-electron chi connectivity index (χ4n) is 4.97. The van der Waals surface area contributed by atoms with E-state index in [4.69, 9.17) is 15.7 Å². The van der Waals surface area contributed by atoms with Crippen molar-refractivity contribution in [1.29, 1.82) is 0 Å². The molecule has 0 radical (unpaired) electrons. The van der Waals surface area contributed by atoms with E-state index in [9.17, 15) is 0 Å². The summed E-state index contributed by atoms with van der Waals surface area (Å²) in [5.74, 6) is 1.85. The maximum absolute atomic E-state index is 6.28. The molecule has 0 amide bonds. The number of rotatable bonds is 4. The summed E-state index contributed by atoms with van der Waals surface area (Å²) in [7, 11) is 0. The zero-order valence-corrected chi connectivity index (χ0v) is 18.7. The first-order valence-electron chi connectivity index (χ1n) is 11.5. The Morgan fingerprint density at radius 2 is 1.80 bits per heavy atom. The molecule has 170 valence electrons. The summed E-state index contributed by atoms with van der Waals surface area (Å²) >= 11 is 0. The van der Waals surface area contributed by atoms with Crippen LogP contribution >= 0.6 is 0 Å². The molecular formula is C26H21N9. The van der Waals surface area contributed by atoms with Crippen LogP contribution in [0.5, 0.6) is 0 Å². The Morgan fingerprint density at radius 1 is 0.886 bits per heavy atom. The molecule has 0 saturated carbocycles. The number of pyridine rings is 2. The quantitative estimate of drug-likeness (QED) is 0.427. The second kappa shape index (κ2) is 7.63. The van der Waals surface area contributed by atoms with Crippen molar-refractivity contribution in [2.45, 2.75) is 18.9 Å². The van der Waals surface area contributed by atoms with Crippen molar-refractivity contribution < 1.29 is 0 Å². The number of aryl methyl sites for hydroxylation is 1. The summed E-state index contributed by atoms with van der Waals surface area (Å²) in [5, 5.41) is 8.81. The molecule has 1 aliphatic carbocycles. The number of imidazole rings is 1. The van der Waals surface area contributed by atoms with Gasteiger partial charge in [-0.2, -0.15) is 10.2 Å². The van der Waals surface area contributed by atoms with Crippen molar-refractivity contribution in [3.8, 4) is 22.9 Å². The molecule has 0 bridgehead atoms. The molecule has 35 heavy (non-hydrogen) atoms. The predicted octanol–water partition coefficient (Wildman–Crippen LogP) is 3.98. The number of hydrogen-bond donors (Lipinski definition) is 1. The zero-order chi connectivity index (χ0) is 23.4. The van der Waals surface area contributed by atoms with E-state index in [1.165, 1.54) is 11.1 Å². The molecule has 0 fully saturated rings. The Balaban J connectivity index is 1.44. The van der Waals surface area contributed by atoms with Gasteiger partial charge < -0.3 is 5.73 Å². The van der Waals surface area contributed by atoms with Crippen LogP contribution in [-0.2, 0) is 6.42 Å². The van der Waals surface area contributed by atoms with Gasteiger partial charge in [-0.3, -0.25) is 9.25 Å². The number of nitrogen functional groups attached to an aromatic ring is 1. The van der Waals surface area contributed by atoms with Crippen LogP contribution in [0, 0.1) is 0 Å². The van der Waals surface area contributed by atoms with E-state index in [2.05, 4.69) is 37.9 Å². The lowest BCUT2D eigenvalue weighted by atomic mass is 10.1. The number of nitrogens with two attached hydrogens (primary N) is 1. The maximum atomic E-state index is 6.28. The van der Waals surface area contributed by atoms with Crippen LogP contribution in [0.2, 0.25) is 0 Å². The van der Waals surface area contributed by atoms with Crippen LogP contribution in [-0.4, -0.2) is 39.1 Å². The Labute approximate surface area is 200 Å². The minimum Gasteiger partial charge on any atom is -0.383 e. The molecule has 1 atom stereocenters. The number of benzene rings is 1. The minimum atomic E-state index is 0.256. The van der Waals surface area contributed by atoms with Gasteiger partial charge in [-0.15, -0.1) is 0 Å². The molecule has 1 aliphatic rings. The van der Waals surface area contributed by atoms with E-state index < -0.39 is 0 Å². The smallest absolute Gasteiger partial charge is 0.167 e. The van der Waals surface area contributed by atoms with Gasteiger partial charge in [0, 0.05) is 36.7 Å². The average Bonchev–Trinajstić information content (AvgIpc) is 3.69. The molecule has 2 N–H and O–H groups in total. The lowest BCUT2D eigenvalue weighted by Gasteiger charge is -2.15. The van der Waals surface area contributed by atoms with Crippen LogP contribution < -0.4 is 5.73 Å². The topological polar surface area (TPSA) is 105 Å². The van der Waals surface area contributed by atoms with Crippen molar-refractivity contribution in [2.24, 2.45) is 0 Å². The molecule has 1 aromatic carbocycles. The van der Waals surface area contributed by atoms with E-state index in [-0.39, 0.29) is 6.04 Å². The van der Waals surface area contributed by atoms with Crippen molar-refractivity contribution in [2.75, 3.05) is 5.73 Å². The number of hydrogen-bond acceptors (Lipinski definition) is 6. The Bertz CT molecular complexity index is 1660. The van der Waals surface area contributed by atoms with Gasteiger partial charge in [0.1, 0.15) is 11.3 Å². The Morgan fingerprint density at radius 3 is 2.63 bits per heavy atom. The molecule has 6 aromatic rings. The molecular weight excluding hydrogens is 438 g/mol. The standard InChI is InChI=1S/C26H21N9/c27-24-20(4-1-11-28-24)25-31-21-8-10-23(34-15-3-13-30-34)32-26(21)35(25)18-6-7-19-17(16-18)5-9-22(19)33-14-2-12-29-33/h1-4,6-8,10-16,22H,5,9H2,(H2,27,28). The van der Waals surface area contributed by atoms with Gasteiger partial charge in [0.2, 0.25) is 0 Å². The Kier molecular flexibility index (Phi) is 4.28. The van der Waals surface area contributed by atoms with Gasteiger partial charge in [0.05, 0.1) is 11.6 Å². The molecule has 7 rings (SSSR count). The third kappa shape index (κ3) is 3.12. The molecule has 5 aromatic heterocycles. The summed E-state index contributed by atoms with van der Waals surface area (Å²) in [6.07, 6.45) is 11.2. The fraction of sp³-hybridized carbons (Fsp3) is 0.115. The predicted molar refractivity (Wildman–Crippen MR) is 132 cm³/mol.